The van der Waals surface area contributed by atoms with E-state index in [9.17, 15) is 18.0 Å². The van der Waals surface area contributed by atoms with Gasteiger partial charge < -0.3 is 10.2 Å². The third-order valence-corrected chi connectivity index (χ3v) is 7.85. The first-order chi connectivity index (χ1) is 17.3. The molecule has 2 amide bonds. The van der Waals surface area contributed by atoms with Crippen LogP contribution in [0.3, 0.4) is 0 Å². The van der Waals surface area contributed by atoms with Crippen molar-refractivity contribution < 1.29 is 18.0 Å². The van der Waals surface area contributed by atoms with Gasteiger partial charge >= 0.3 is 0 Å². The number of hydrogen-bond donors (Lipinski definition) is 1. The minimum Gasteiger partial charge on any atom is -0.357 e. The van der Waals surface area contributed by atoms with Gasteiger partial charge in [0.2, 0.25) is 11.8 Å². The molecule has 0 aromatic heterocycles. The number of rotatable bonds is 11. The Bertz CT molecular complexity index is 1270. The van der Waals surface area contributed by atoms with E-state index >= 15 is 0 Å². The molecule has 1 N–H and O–H groups in total. The summed E-state index contributed by atoms with van der Waals surface area (Å²) in [6.45, 7) is 1.58. The van der Waals surface area contributed by atoms with Crippen LogP contribution in [-0.2, 0) is 26.0 Å². The molecular formula is C27H30ClN3O4S. The van der Waals surface area contributed by atoms with Gasteiger partial charge in [0, 0.05) is 18.6 Å². The molecule has 3 aromatic carbocycles. The van der Waals surface area contributed by atoms with E-state index in [1.165, 1.54) is 30.1 Å². The fourth-order valence-electron chi connectivity index (χ4n) is 3.94. The second kappa shape index (κ2) is 12.6. The van der Waals surface area contributed by atoms with Gasteiger partial charge in [0.25, 0.3) is 10.0 Å². The largest absolute Gasteiger partial charge is 0.357 e. The number of sulfonamides is 1. The molecule has 0 fully saturated rings. The van der Waals surface area contributed by atoms with Gasteiger partial charge in [-0.25, -0.2) is 8.42 Å². The van der Waals surface area contributed by atoms with Crippen LogP contribution in [-0.4, -0.2) is 51.3 Å². The van der Waals surface area contributed by atoms with Crippen molar-refractivity contribution in [1.82, 2.24) is 10.2 Å². The number of amides is 2. The molecule has 0 saturated heterocycles. The summed E-state index contributed by atoms with van der Waals surface area (Å²) in [5.74, 6) is -0.792. The lowest BCUT2D eigenvalue weighted by Crippen LogP contribution is -2.52. The Balaban J connectivity index is 1.99. The highest BCUT2D eigenvalue weighted by Gasteiger charge is 2.33. The second-order valence-corrected chi connectivity index (χ2v) is 10.5. The van der Waals surface area contributed by atoms with Crippen LogP contribution in [0.5, 0.6) is 0 Å². The number of carbonyl (C=O) groups excluding carboxylic acids is 2. The van der Waals surface area contributed by atoms with Gasteiger partial charge in [-0.2, -0.15) is 0 Å². The molecule has 0 aliphatic rings. The third-order valence-electron chi connectivity index (χ3n) is 5.82. The zero-order valence-electron chi connectivity index (χ0n) is 20.3. The molecule has 0 radical (unpaired) electrons. The summed E-state index contributed by atoms with van der Waals surface area (Å²) >= 11 is 6.17. The van der Waals surface area contributed by atoms with Gasteiger partial charge in [0.1, 0.15) is 12.6 Å². The summed E-state index contributed by atoms with van der Waals surface area (Å²) in [4.78, 5) is 27.9. The summed E-state index contributed by atoms with van der Waals surface area (Å²) in [6, 6.07) is 23.1. The number of benzene rings is 3. The van der Waals surface area contributed by atoms with Crippen LogP contribution in [0.4, 0.5) is 5.69 Å². The van der Waals surface area contributed by atoms with E-state index < -0.39 is 28.5 Å². The van der Waals surface area contributed by atoms with Gasteiger partial charge in [-0.05, 0) is 48.7 Å². The summed E-state index contributed by atoms with van der Waals surface area (Å²) in [5, 5.41) is 2.95. The summed E-state index contributed by atoms with van der Waals surface area (Å²) in [5.41, 5.74) is 1.27. The molecule has 190 valence electrons. The molecule has 7 nitrogen and oxygen atoms in total. The maximum absolute atomic E-state index is 13.7. The third kappa shape index (κ3) is 6.65. The second-order valence-electron chi connectivity index (χ2n) is 8.17. The lowest BCUT2D eigenvalue weighted by atomic mass is 10.1. The monoisotopic (exact) mass is 527 g/mol. The van der Waals surface area contributed by atoms with E-state index in [1.54, 1.807) is 36.4 Å². The molecular weight excluding hydrogens is 498 g/mol. The number of likely N-dealkylation sites (N-methyl/N-ethyl adjacent to an activating group) is 1. The Labute approximate surface area is 217 Å². The SMILES string of the molecule is CCC(C(=O)NC)N(CCc1ccccc1)C(=O)CN(c1cccc(Cl)c1)S(=O)(=O)c1ccccc1. The van der Waals surface area contributed by atoms with E-state index in [-0.39, 0.29) is 23.0 Å². The average molecular weight is 528 g/mol. The van der Waals surface area contributed by atoms with Crippen molar-refractivity contribution in [3.8, 4) is 0 Å². The number of carbonyl (C=O) groups is 2. The lowest BCUT2D eigenvalue weighted by molar-refractivity contribution is -0.139. The maximum Gasteiger partial charge on any atom is 0.264 e. The summed E-state index contributed by atoms with van der Waals surface area (Å²) in [6.07, 6.45) is 0.894. The van der Waals surface area contributed by atoms with Crippen molar-refractivity contribution in [2.45, 2.75) is 30.7 Å². The van der Waals surface area contributed by atoms with Crippen molar-refractivity contribution in [2.24, 2.45) is 0 Å². The Kier molecular flexibility index (Phi) is 9.50. The maximum atomic E-state index is 13.7. The minimum absolute atomic E-state index is 0.0481. The molecule has 1 atom stereocenters. The molecule has 3 rings (SSSR count). The van der Waals surface area contributed by atoms with E-state index in [0.717, 1.165) is 9.87 Å². The quantitative estimate of drug-likeness (QED) is 0.406. The zero-order chi connectivity index (χ0) is 26.1. The predicted octanol–water partition coefficient (Wildman–Crippen LogP) is 4.13. The lowest BCUT2D eigenvalue weighted by Gasteiger charge is -2.33. The Hall–Kier alpha value is -3.36. The average Bonchev–Trinajstić information content (AvgIpc) is 2.90. The van der Waals surface area contributed by atoms with Crippen molar-refractivity contribution in [3.63, 3.8) is 0 Å². The van der Waals surface area contributed by atoms with E-state index in [1.807, 2.05) is 37.3 Å². The van der Waals surface area contributed by atoms with Crippen molar-refractivity contribution in [2.75, 3.05) is 24.4 Å². The van der Waals surface area contributed by atoms with Crippen LogP contribution in [0.25, 0.3) is 0 Å². The fraction of sp³-hybridized carbons (Fsp3) is 0.259. The van der Waals surface area contributed by atoms with Gasteiger partial charge in [0.05, 0.1) is 10.6 Å². The van der Waals surface area contributed by atoms with Crippen molar-refractivity contribution in [1.29, 1.82) is 0 Å². The van der Waals surface area contributed by atoms with Gasteiger partial charge in [-0.1, -0.05) is 73.1 Å². The Morgan fingerprint density at radius 2 is 1.58 bits per heavy atom. The molecule has 0 spiro atoms. The highest BCUT2D eigenvalue weighted by molar-refractivity contribution is 7.92. The minimum atomic E-state index is -4.10. The van der Waals surface area contributed by atoms with E-state index in [4.69, 9.17) is 11.6 Å². The molecule has 9 heteroatoms. The molecule has 36 heavy (non-hydrogen) atoms. The normalized spacial score (nSPS) is 12.0. The highest BCUT2D eigenvalue weighted by atomic mass is 35.5. The number of halogens is 1. The first-order valence-corrected chi connectivity index (χ1v) is 13.5. The fourth-order valence-corrected chi connectivity index (χ4v) is 5.55. The molecule has 0 aliphatic carbocycles. The predicted molar refractivity (Wildman–Crippen MR) is 142 cm³/mol. The number of hydrogen-bond acceptors (Lipinski definition) is 4. The van der Waals surface area contributed by atoms with E-state index in [0.29, 0.717) is 17.9 Å². The van der Waals surface area contributed by atoms with Crippen LogP contribution in [0.1, 0.15) is 18.9 Å². The Morgan fingerprint density at radius 3 is 2.17 bits per heavy atom. The first-order valence-electron chi connectivity index (χ1n) is 11.7. The smallest absolute Gasteiger partial charge is 0.264 e. The van der Waals surface area contributed by atoms with Crippen LogP contribution in [0.15, 0.2) is 89.8 Å². The molecule has 3 aromatic rings. The topological polar surface area (TPSA) is 86.8 Å². The molecule has 0 aliphatic heterocycles. The van der Waals surface area contributed by atoms with Gasteiger partial charge in [-0.3, -0.25) is 13.9 Å². The molecule has 0 saturated carbocycles. The number of nitrogens with zero attached hydrogens (tertiary/aromatic N) is 2. The number of nitrogens with one attached hydrogen (secondary N) is 1. The van der Waals surface area contributed by atoms with E-state index in [2.05, 4.69) is 5.32 Å². The molecule has 0 heterocycles. The number of anilines is 1. The first kappa shape index (κ1) is 27.2. The van der Waals surface area contributed by atoms with Gasteiger partial charge in [-0.15, -0.1) is 0 Å². The van der Waals surface area contributed by atoms with Crippen LogP contribution >= 0.6 is 11.6 Å². The van der Waals surface area contributed by atoms with Gasteiger partial charge in [0.15, 0.2) is 0 Å². The molecule has 0 bridgehead atoms. The van der Waals surface area contributed by atoms with Crippen LogP contribution in [0, 0.1) is 0 Å². The zero-order valence-corrected chi connectivity index (χ0v) is 21.9. The summed E-state index contributed by atoms with van der Waals surface area (Å²) in [7, 11) is -2.58. The van der Waals surface area contributed by atoms with Crippen molar-refractivity contribution in [3.05, 3.63) is 95.5 Å². The van der Waals surface area contributed by atoms with Crippen molar-refractivity contribution >= 4 is 39.1 Å². The summed E-state index contributed by atoms with van der Waals surface area (Å²) < 4.78 is 28.3. The Morgan fingerprint density at radius 1 is 0.944 bits per heavy atom. The van der Waals surface area contributed by atoms with Crippen LogP contribution in [0.2, 0.25) is 5.02 Å². The molecule has 1 unspecified atom stereocenters. The highest BCUT2D eigenvalue weighted by Crippen LogP contribution is 2.26. The standard InChI is InChI=1S/C27H30ClN3O4S/c1-3-25(27(33)29-2)30(18-17-21-11-6-4-7-12-21)26(32)20-31(23-14-10-13-22(28)19-23)36(34,35)24-15-8-5-9-16-24/h4-16,19,25H,3,17-18,20H2,1-2H3,(H,29,33). The van der Waals surface area contributed by atoms with Crippen LogP contribution < -0.4 is 9.62 Å².